The predicted octanol–water partition coefficient (Wildman–Crippen LogP) is 1.27. The second-order valence-corrected chi connectivity index (χ2v) is 4.66. The Bertz CT molecular complexity index is 452. The summed E-state index contributed by atoms with van der Waals surface area (Å²) in [6, 6.07) is 4.46. The van der Waals surface area contributed by atoms with Gasteiger partial charge in [0.15, 0.2) is 0 Å². The minimum absolute atomic E-state index is 0.138. The van der Waals surface area contributed by atoms with Gasteiger partial charge < -0.3 is 9.47 Å². The molecule has 0 aromatic heterocycles. The molecule has 0 fully saturated rings. The molecule has 5 nitrogen and oxygen atoms in total. The van der Waals surface area contributed by atoms with Crippen molar-refractivity contribution in [1.82, 2.24) is 0 Å². The first-order valence-corrected chi connectivity index (χ1v) is 6.09. The number of aryl methyl sites for hydroxylation is 1. The van der Waals surface area contributed by atoms with Crippen LogP contribution in [-0.2, 0) is 14.9 Å². The fourth-order valence-corrected chi connectivity index (χ4v) is 1.79. The van der Waals surface area contributed by atoms with Gasteiger partial charge in [-0.2, -0.15) is 8.42 Å². The lowest BCUT2D eigenvalue weighted by molar-refractivity contribution is 0.144. The van der Waals surface area contributed by atoms with E-state index in [1.165, 1.54) is 13.2 Å². The highest BCUT2D eigenvalue weighted by molar-refractivity contribution is 7.86. The molecular weight excluding hydrogens is 232 g/mol. The van der Waals surface area contributed by atoms with Crippen molar-refractivity contribution in [2.24, 2.45) is 0 Å². The molecule has 1 N–H and O–H groups in total. The van der Waals surface area contributed by atoms with Gasteiger partial charge in [-0.05, 0) is 24.6 Å². The highest BCUT2D eigenvalue weighted by Crippen LogP contribution is 2.24. The van der Waals surface area contributed by atoms with Crippen molar-refractivity contribution >= 4 is 10.1 Å². The van der Waals surface area contributed by atoms with Gasteiger partial charge in [0.1, 0.15) is 17.3 Å². The summed E-state index contributed by atoms with van der Waals surface area (Å²) in [6.07, 6.45) is 0. The van der Waals surface area contributed by atoms with E-state index in [9.17, 15) is 8.42 Å². The molecule has 0 saturated carbocycles. The molecule has 90 valence electrons. The Hall–Kier alpha value is -1.11. The van der Waals surface area contributed by atoms with Gasteiger partial charge in [-0.3, -0.25) is 4.55 Å². The fraction of sp³-hybridized carbons (Fsp3) is 0.400. The summed E-state index contributed by atoms with van der Waals surface area (Å²) in [5, 5.41) is 0. The van der Waals surface area contributed by atoms with E-state index in [2.05, 4.69) is 0 Å². The van der Waals surface area contributed by atoms with Crippen molar-refractivity contribution in [3.8, 4) is 5.75 Å². The van der Waals surface area contributed by atoms with Gasteiger partial charge in [0.2, 0.25) is 0 Å². The van der Waals surface area contributed by atoms with E-state index in [1.807, 2.05) is 0 Å². The summed E-state index contributed by atoms with van der Waals surface area (Å²) in [5.41, 5.74) is 0.847. The smallest absolute Gasteiger partial charge is 0.298 e. The second-order valence-electron chi connectivity index (χ2n) is 3.27. The number of hydrogen-bond donors (Lipinski definition) is 1. The average molecular weight is 246 g/mol. The van der Waals surface area contributed by atoms with Crippen LogP contribution in [0.5, 0.6) is 5.75 Å². The molecule has 16 heavy (non-hydrogen) atoms. The molecule has 0 radical (unpaired) electrons. The second kappa shape index (κ2) is 5.29. The summed E-state index contributed by atoms with van der Waals surface area (Å²) < 4.78 is 41.1. The van der Waals surface area contributed by atoms with Gasteiger partial charge in [0.25, 0.3) is 10.1 Å². The van der Waals surface area contributed by atoms with Crippen LogP contribution in [0.2, 0.25) is 0 Å². The molecule has 0 amide bonds. The van der Waals surface area contributed by atoms with Crippen LogP contribution < -0.4 is 4.74 Å². The highest BCUT2D eigenvalue weighted by atomic mass is 32.2. The Morgan fingerprint density at radius 1 is 1.31 bits per heavy atom. The average Bonchev–Trinajstić information content (AvgIpc) is 2.16. The molecule has 0 atom stereocenters. The fourth-order valence-electron chi connectivity index (χ4n) is 1.18. The van der Waals surface area contributed by atoms with Crippen LogP contribution in [-0.4, -0.2) is 33.3 Å². The molecule has 6 heteroatoms. The number of hydrogen-bond acceptors (Lipinski definition) is 4. The number of ether oxygens (including phenoxy) is 2. The summed E-state index contributed by atoms with van der Waals surface area (Å²) >= 11 is 0. The van der Waals surface area contributed by atoms with Crippen molar-refractivity contribution < 1.29 is 22.4 Å². The third kappa shape index (κ3) is 3.48. The van der Waals surface area contributed by atoms with Crippen LogP contribution in [0.3, 0.4) is 0 Å². The zero-order valence-electron chi connectivity index (χ0n) is 9.13. The Balaban J connectivity index is 3.00. The maximum Gasteiger partial charge on any atom is 0.298 e. The Labute approximate surface area is 94.7 Å². The first kappa shape index (κ1) is 13.0. The molecule has 0 heterocycles. The van der Waals surface area contributed by atoms with Crippen molar-refractivity contribution in [1.29, 1.82) is 0 Å². The minimum Gasteiger partial charge on any atom is -0.490 e. The Morgan fingerprint density at radius 2 is 2.00 bits per heavy atom. The van der Waals surface area contributed by atoms with Crippen LogP contribution in [0.4, 0.5) is 0 Å². The third-order valence-electron chi connectivity index (χ3n) is 1.92. The van der Waals surface area contributed by atoms with Crippen LogP contribution in [0.15, 0.2) is 23.1 Å². The van der Waals surface area contributed by atoms with Crippen molar-refractivity contribution in [2.45, 2.75) is 11.8 Å². The quantitative estimate of drug-likeness (QED) is 0.625. The van der Waals surface area contributed by atoms with E-state index in [-0.39, 0.29) is 17.3 Å². The van der Waals surface area contributed by atoms with Gasteiger partial charge in [-0.15, -0.1) is 0 Å². The monoisotopic (exact) mass is 246 g/mol. The molecule has 1 aromatic carbocycles. The molecule has 0 saturated heterocycles. The van der Waals surface area contributed by atoms with Crippen molar-refractivity contribution in [3.63, 3.8) is 0 Å². The zero-order valence-corrected chi connectivity index (χ0v) is 9.95. The Morgan fingerprint density at radius 3 is 2.56 bits per heavy atom. The number of rotatable bonds is 5. The minimum atomic E-state index is -4.25. The van der Waals surface area contributed by atoms with Gasteiger partial charge in [-0.1, -0.05) is 6.07 Å². The molecule has 0 spiro atoms. The molecule has 1 aromatic rings. The first-order valence-electron chi connectivity index (χ1n) is 4.65. The van der Waals surface area contributed by atoms with E-state index >= 15 is 0 Å². The van der Waals surface area contributed by atoms with E-state index < -0.39 is 10.1 Å². The molecule has 0 aliphatic rings. The largest absolute Gasteiger partial charge is 0.490 e. The van der Waals surface area contributed by atoms with Crippen LogP contribution in [0.1, 0.15) is 5.56 Å². The van der Waals surface area contributed by atoms with Gasteiger partial charge in [0.05, 0.1) is 6.61 Å². The molecule has 0 bridgehead atoms. The lowest BCUT2D eigenvalue weighted by Crippen LogP contribution is -2.08. The summed E-state index contributed by atoms with van der Waals surface area (Å²) in [6.45, 7) is 2.37. The summed E-state index contributed by atoms with van der Waals surface area (Å²) in [5.74, 6) is 0.138. The van der Waals surface area contributed by atoms with Gasteiger partial charge in [0, 0.05) is 7.11 Å². The molecule has 0 aliphatic carbocycles. The van der Waals surface area contributed by atoms with E-state index in [0.717, 1.165) is 5.56 Å². The number of benzene rings is 1. The van der Waals surface area contributed by atoms with Crippen LogP contribution in [0, 0.1) is 6.92 Å². The van der Waals surface area contributed by atoms with E-state index in [0.29, 0.717) is 6.61 Å². The number of methoxy groups -OCH3 is 1. The summed E-state index contributed by atoms with van der Waals surface area (Å²) in [7, 11) is -2.74. The molecule has 1 rings (SSSR count). The Kier molecular flexibility index (Phi) is 4.28. The van der Waals surface area contributed by atoms with Crippen LogP contribution in [0.25, 0.3) is 0 Å². The molecule has 0 aliphatic heterocycles. The first-order chi connectivity index (χ1) is 7.45. The van der Waals surface area contributed by atoms with Crippen molar-refractivity contribution in [2.75, 3.05) is 20.3 Å². The predicted molar refractivity (Wildman–Crippen MR) is 58.4 cm³/mol. The highest BCUT2D eigenvalue weighted by Gasteiger charge is 2.16. The lowest BCUT2D eigenvalue weighted by Gasteiger charge is -2.09. The molecule has 0 unspecified atom stereocenters. The van der Waals surface area contributed by atoms with Gasteiger partial charge in [-0.25, -0.2) is 0 Å². The topological polar surface area (TPSA) is 72.8 Å². The maximum absolute atomic E-state index is 11.0. The van der Waals surface area contributed by atoms with E-state index in [1.54, 1.807) is 19.1 Å². The van der Waals surface area contributed by atoms with Gasteiger partial charge >= 0.3 is 0 Å². The summed E-state index contributed by atoms with van der Waals surface area (Å²) in [4.78, 5) is -0.228. The van der Waals surface area contributed by atoms with Crippen molar-refractivity contribution in [3.05, 3.63) is 23.8 Å². The lowest BCUT2D eigenvalue weighted by atomic mass is 10.2. The molecular formula is C10H14O5S. The maximum atomic E-state index is 11.0. The standard InChI is InChI=1S/C10H14O5S/c1-8-3-4-10(16(11,12)13)9(7-8)15-6-5-14-2/h3-4,7H,5-6H2,1-2H3,(H,11,12,13). The SMILES string of the molecule is COCCOc1cc(C)ccc1S(=O)(=O)O. The normalized spacial score (nSPS) is 11.4. The van der Waals surface area contributed by atoms with E-state index in [4.69, 9.17) is 14.0 Å². The van der Waals surface area contributed by atoms with Crippen LogP contribution >= 0.6 is 0 Å². The zero-order chi connectivity index (χ0) is 12.2. The third-order valence-corrected chi connectivity index (χ3v) is 2.82.